The van der Waals surface area contributed by atoms with Gasteiger partial charge in [0.15, 0.2) is 5.78 Å². The highest BCUT2D eigenvalue weighted by molar-refractivity contribution is 6.06. The van der Waals surface area contributed by atoms with Gasteiger partial charge >= 0.3 is 5.97 Å². The lowest BCUT2D eigenvalue weighted by Gasteiger charge is -2.19. The quantitative estimate of drug-likeness (QED) is 0.489. The average molecular weight is 287 g/mol. The molecule has 21 heavy (non-hydrogen) atoms. The number of benzene rings is 1. The third-order valence-corrected chi connectivity index (χ3v) is 2.58. The molecule has 110 valence electrons. The molecule has 1 aromatic carbocycles. The fourth-order valence-electron chi connectivity index (χ4n) is 1.78. The van der Waals surface area contributed by atoms with Crippen molar-refractivity contribution in [3.8, 4) is 5.69 Å². The van der Waals surface area contributed by atoms with Crippen LogP contribution in [0, 0.1) is 0 Å². The maximum atomic E-state index is 12.1. The van der Waals surface area contributed by atoms with Crippen molar-refractivity contribution in [2.75, 3.05) is 0 Å². The van der Waals surface area contributed by atoms with Gasteiger partial charge in [-0.25, -0.2) is 4.68 Å². The summed E-state index contributed by atoms with van der Waals surface area (Å²) in [5, 5.41) is 7.58. The molecule has 0 saturated heterocycles. The fraction of sp³-hybridized carbons (Fsp3) is 0.333. The number of nitrogens with zero attached hydrogens (tertiary/aromatic N) is 3. The number of ketones is 1. The molecule has 0 saturated carbocycles. The van der Waals surface area contributed by atoms with E-state index in [1.165, 1.54) is 0 Å². The van der Waals surface area contributed by atoms with Crippen LogP contribution in [0.1, 0.15) is 37.6 Å². The van der Waals surface area contributed by atoms with E-state index in [1.807, 2.05) is 0 Å². The van der Waals surface area contributed by atoms with Crippen molar-refractivity contribution >= 4 is 11.8 Å². The first-order valence-corrected chi connectivity index (χ1v) is 6.57. The molecule has 2 rings (SSSR count). The summed E-state index contributed by atoms with van der Waals surface area (Å²) in [5.74, 6) is -0.815. The van der Waals surface area contributed by atoms with E-state index >= 15 is 0 Å². The van der Waals surface area contributed by atoms with Gasteiger partial charge in [0, 0.05) is 5.56 Å². The summed E-state index contributed by atoms with van der Waals surface area (Å²) in [4.78, 5) is 23.8. The van der Waals surface area contributed by atoms with Crippen molar-refractivity contribution in [2.45, 2.75) is 32.8 Å². The largest absolute Gasteiger partial charge is 0.460 e. The minimum atomic E-state index is -0.597. The second-order valence-corrected chi connectivity index (χ2v) is 5.58. The fourth-order valence-corrected chi connectivity index (χ4v) is 1.78. The van der Waals surface area contributed by atoms with Crippen LogP contribution in [0.5, 0.6) is 0 Å². The number of aromatic nitrogens is 3. The number of Topliss-reactive ketones (excluding diaryl/α,β-unsaturated/α-hetero) is 1. The molecule has 6 nitrogen and oxygen atoms in total. The molecule has 1 aromatic heterocycles. The maximum absolute atomic E-state index is 12.1. The highest BCUT2D eigenvalue weighted by atomic mass is 16.6. The van der Waals surface area contributed by atoms with Gasteiger partial charge < -0.3 is 4.74 Å². The van der Waals surface area contributed by atoms with Gasteiger partial charge in [0.05, 0.1) is 18.1 Å². The minimum absolute atomic E-state index is 0.280. The smallest absolute Gasteiger partial charge is 0.314 e. The second-order valence-electron chi connectivity index (χ2n) is 5.58. The van der Waals surface area contributed by atoms with Gasteiger partial charge in [-0.1, -0.05) is 17.3 Å². The predicted molar refractivity (Wildman–Crippen MR) is 76.2 cm³/mol. The summed E-state index contributed by atoms with van der Waals surface area (Å²) in [6.07, 6.45) is 2.95. The Morgan fingerprint density at radius 1 is 1.29 bits per heavy atom. The summed E-state index contributed by atoms with van der Waals surface area (Å²) in [6.45, 7) is 5.29. The Labute approximate surface area is 122 Å². The van der Waals surface area contributed by atoms with Crippen LogP contribution in [0.3, 0.4) is 0 Å². The number of esters is 1. The maximum Gasteiger partial charge on any atom is 0.314 e. The zero-order chi connectivity index (χ0) is 15.5. The number of ether oxygens (including phenoxy) is 1. The van der Waals surface area contributed by atoms with E-state index < -0.39 is 11.6 Å². The first kappa shape index (κ1) is 14.9. The molecular weight excluding hydrogens is 270 g/mol. The van der Waals surface area contributed by atoms with Crippen LogP contribution in [0.2, 0.25) is 0 Å². The van der Waals surface area contributed by atoms with Crippen molar-refractivity contribution in [3.63, 3.8) is 0 Å². The molecule has 0 aliphatic heterocycles. The minimum Gasteiger partial charge on any atom is -0.460 e. The molecule has 0 bridgehead atoms. The molecular formula is C15H17N3O3. The van der Waals surface area contributed by atoms with Crippen molar-refractivity contribution in [1.82, 2.24) is 15.0 Å². The Hall–Kier alpha value is -2.50. The monoisotopic (exact) mass is 287 g/mol. The Balaban J connectivity index is 2.10. The lowest BCUT2D eigenvalue weighted by molar-refractivity contribution is -0.153. The molecule has 0 fully saturated rings. The van der Waals surface area contributed by atoms with Gasteiger partial charge in [-0.15, -0.1) is 5.10 Å². The lowest BCUT2D eigenvalue weighted by atomic mass is 10.1. The van der Waals surface area contributed by atoms with Crippen molar-refractivity contribution in [3.05, 3.63) is 42.2 Å². The topological polar surface area (TPSA) is 74.1 Å². The van der Waals surface area contributed by atoms with Crippen LogP contribution in [-0.2, 0) is 9.53 Å². The summed E-state index contributed by atoms with van der Waals surface area (Å²) in [5.41, 5.74) is 0.552. The number of carbonyl (C=O) groups is 2. The highest BCUT2D eigenvalue weighted by Crippen LogP contribution is 2.13. The van der Waals surface area contributed by atoms with E-state index in [9.17, 15) is 9.59 Å². The van der Waals surface area contributed by atoms with Crippen molar-refractivity contribution in [2.24, 2.45) is 0 Å². The lowest BCUT2D eigenvalue weighted by Crippen LogP contribution is -2.25. The standard InChI is InChI=1S/C15H17N3O3/c1-15(2,3)21-14(20)10-13(19)11-5-4-6-12(9-11)18-8-7-16-17-18/h4-9H,10H2,1-3H3. The van der Waals surface area contributed by atoms with E-state index in [1.54, 1.807) is 62.1 Å². The molecule has 0 radical (unpaired) electrons. The van der Waals surface area contributed by atoms with Crippen LogP contribution in [0.15, 0.2) is 36.7 Å². The van der Waals surface area contributed by atoms with E-state index in [-0.39, 0.29) is 12.2 Å². The SMILES string of the molecule is CC(C)(C)OC(=O)CC(=O)c1cccc(-n2ccnn2)c1. The Bertz CT molecular complexity index is 642. The molecule has 0 spiro atoms. The summed E-state index contributed by atoms with van der Waals surface area (Å²) in [6, 6.07) is 6.87. The first-order valence-electron chi connectivity index (χ1n) is 6.57. The zero-order valence-corrected chi connectivity index (χ0v) is 12.2. The third-order valence-electron chi connectivity index (χ3n) is 2.58. The van der Waals surface area contributed by atoms with Gasteiger partial charge in [0.2, 0.25) is 0 Å². The summed E-state index contributed by atoms with van der Waals surface area (Å²) in [7, 11) is 0. The van der Waals surface area contributed by atoms with Gasteiger partial charge in [-0.2, -0.15) is 0 Å². The molecule has 1 heterocycles. The van der Waals surface area contributed by atoms with Gasteiger partial charge in [0.25, 0.3) is 0 Å². The number of hydrogen-bond acceptors (Lipinski definition) is 5. The molecule has 0 aliphatic carbocycles. The van der Waals surface area contributed by atoms with E-state index in [0.717, 1.165) is 0 Å². The van der Waals surface area contributed by atoms with E-state index in [0.29, 0.717) is 11.3 Å². The molecule has 0 atom stereocenters. The van der Waals surface area contributed by atoms with E-state index in [2.05, 4.69) is 10.3 Å². The molecule has 2 aromatic rings. The molecule has 0 amide bonds. The average Bonchev–Trinajstić information content (AvgIpc) is 2.90. The van der Waals surface area contributed by atoms with Crippen molar-refractivity contribution in [1.29, 1.82) is 0 Å². The highest BCUT2D eigenvalue weighted by Gasteiger charge is 2.19. The molecule has 0 unspecified atom stereocenters. The first-order chi connectivity index (χ1) is 9.85. The predicted octanol–water partition coefficient (Wildman–Crippen LogP) is 2.18. The molecule has 0 aliphatic rings. The Morgan fingerprint density at radius 3 is 2.67 bits per heavy atom. The molecule has 0 N–H and O–H groups in total. The van der Waals surface area contributed by atoms with Crippen LogP contribution < -0.4 is 0 Å². The number of carbonyl (C=O) groups excluding carboxylic acids is 2. The molecule has 6 heteroatoms. The van der Waals surface area contributed by atoms with Gasteiger partial charge in [-0.05, 0) is 32.9 Å². The van der Waals surface area contributed by atoms with Gasteiger partial charge in [-0.3, -0.25) is 9.59 Å². The number of rotatable bonds is 4. The Morgan fingerprint density at radius 2 is 2.05 bits per heavy atom. The Kier molecular flexibility index (Phi) is 4.16. The van der Waals surface area contributed by atoms with E-state index in [4.69, 9.17) is 4.74 Å². The van der Waals surface area contributed by atoms with Crippen LogP contribution in [0.25, 0.3) is 5.69 Å². The van der Waals surface area contributed by atoms with Crippen LogP contribution in [0.4, 0.5) is 0 Å². The number of hydrogen-bond donors (Lipinski definition) is 0. The van der Waals surface area contributed by atoms with Gasteiger partial charge in [0.1, 0.15) is 12.0 Å². The summed E-state index contributed by atoms with van der Waals surface area (Å²) >= 11 is 0. The summed E-state index contributed by atoms with van der Waals surface area (Å²) < 4.78 is 6.69. The normalized spacial score (nSPS) is 11.2. The zero-order valence-electron chi connectivity index (χ0n) is 12.2. The van der Waals surface area contributed by atoms with Crippen molar-refractivity contribution < 1.29 is 14.3 Å². The second kappa shape index (κ2) is 5.87. The third kappa shape index (κ3) is 4.24. The van der Waals surface area contributed by atoms with Crippen LogP contribution >= 0.6 is 0 Å². The van der Waals surface area contributed by atoms with Crippen LogP contribution in [-0.4, -0.2) is 32.3 Å².